The van der Waals surface area contributed by atoms with Gasteiger partial charge >= 0.3 is 0 Å². The molecule has 0 bridgehead atoms. The summed E-state index contributed by atoms with van der Waals surface area (Å²) in [7, 11) is 0. The number of aromatic nitrogens is 3. The Balaban J connectivity index is 1.87. The van der Waals surface area contributed by atoms with Gasteiger partial charge in [-0.15, -0.1) is 0 Å². The molecule has 0 radical (unpaired) electrons. The summed E-state index contributed by atoms with van der Waals surface area (Å²) in [6.45, 7) is 0.476. The zero-order valence-electron chi connectivity index (χ0n) is 13.7. The van der Waals surface area contributed by atoms with Crippen molar-refractivity contribution in [2.75, 3.05) is 25.0 Å². The third-order valence-electron chi connectivity index (χ3n) is 3.67. The summed E-state index contributed by atoms with van der Waals surface area (Å²) in [4.78, 5) is 16.1. The van der Waals surface area contributed by atoms with Crippen LogP contribution in [0.4, 0.5) is 10.2 Å². The molecule has 0 aliphatic rings. The normalized spacial score (nSPS) is 10.9. The van der Waals surface area contributed by atoms with Crippen LogP contribution in [0, 0.1) is 5.82 Å². The van der Waals surface area contributed by atoms with Crippen molar-refractivity contribution in [1.29, 1.82) is 0 Å². The summed E-state index contributed by atoms with van der Waals surface area (Å²) >= 11 is 3.39. The number of halogens is 2. The van der Waals surface area contributed by atoms with E-state index >= 15 is 0 Å². The van der Waals surface area contributed by atoms with Gasteiger partial charge in [0.1, 0.15) is 11.6 Å². The highest BCUT2D eigenvalue weighted by Crippen LogP contribution is 2.27. The molecule has 0 atom stereocenters. The van der Waals surface area contributed by atoms with Crippen molar-refractivity contribution in [3.8, 4) is 11.3 Å². The van der Waals surface area contributed by atoms with Crippen LogP contribution in [0.25, 0.3) is 16.9 Å². The minimum Gasteiger partial charge on any atom is -0.395 e. The van der Waals surface area contributed by atoms with E-state index in [1.165, 1.54) is 6.07 Å². The van der Waals surface area contributed by atoms with E-state index in [0.29, 0.717) is 33.7 Å². The van der Waals surface area contributed by atoms with Crippen LogP contribution < -0.4 is 10.6 Å². The number of aliphatic hydroxyl groups is 1. The monoisotopic (exact) mass is 421 g/mol. The summed E-state index contributed by atoms with van der Waals surface area (Å²) < 4.78 is 16.4. The first kappa shape index (κ1) is 18.3. The van der Waals surface area contributed by atoms with Crippen molar-refractivity contribution >= 4 is 33.3 Å². The molecule has 0 saturated heterocycles. The van der Waals surface area contributed by atoms with E-state index in [2.05, 4.69) is 36.6 Å². The van der Waals surface area contributed by atoms with E-state index < -0.39 is 0 Å². The van der Waals surface area contributed by atoms with E-state index in [1.54, 1.807) is 35.0 Å². The van der Waals surface area contributed by atoms with Crippen molar-refractivity contribution in [3.05, 3.63) is 46.8 Å². The Morgan fingerprint density at radius 2 is 2.12 bits per heavy atom. The van der Waals surface area contributed by atoms with Crippen LogP contribution in [0.1, 0.15) is 6.42 Å². The third-order valence-corrected chi connectivity index (χ3v) is 4.23. The molecular formula is C17H17BrFN5O2. The number of nitrogens with zero attached hydrogens (tertiary/aromatic N) is 3. The van der Waals surface area contributed by atoms with Crippen LogP contribution in [0.5, 0.6) is 0 Å². The van der Waals surface area contributed by atoms with E-state index in [9.17, 15) is 9.18 Å². The predicted octanol–water partition coefficient (Wildman–Crippen LogP) is 2.21. The van der Waals surface area contributed by atoms with Gasteiger partial charge in [0.2, 0.25) is 5.91 Å². The first-order valence-electron chi connectivity index (χ1n) is 8.00. The van der Waals surface area contributed by atoms with Gasteiger partial charge in [0.05, 0.1) is 23.0 Å². The van der Waals surface area contributed by atoms with Gasteiger partial charge in [-0.3, -0.25) is 4.79 Å². The Morgan fingerprint density at radius 1 is 1.31 bits per heavy atom. The number of carbonyl (C=O) groups excluding carboxylic acids is 1. The summed E-state index contributed by atoms with van der Waals surface area (Å²) in [5.41, 5.74) is 1.38. The largest absolute Gasteiger partial charge is 0.395 e. The summed E-state index contributed by atoms with van der Waals surface area (Å²) in [5, 5.41) is 18.7. The number of nitrogens with one attached hydrogen (secondary N) is 2. The van der Waals surface area contributed by atoms with Crippen LogP contribution in [-0.2, 0) is 4.79 Å². The Morgan fingerprint density at radius 3 is 2.88 bits per heavy atom. The Kier molecular flexibility index (Phi) is 5.79. The second-order valence-corrected chi connectivity index (χ2v) is 6.34. The number of amides is 1. The van der Waals surface area contributed by atoms with E-state index in [-0.39, 0.29) is 31.3 Å². The molecule has 1 amide bonds. The lowest BCUT2D eigenvalue weighted by Gasteiger charge is -2.11. The van der Waals surface area contributed by atoms with Crippen molar-refractivity contribution in [2.24, 2.45) is 0 Å². The number of hydrogen-bond donors (Lipinski definition) is 3. The van der Waals surface area contributed by atoms with E-state index in [4.69, 9.17) is 5.11 Å². The molecule has 0 aliphatic heterocycles. The molecule has 0 spiro atoms. The van der Waals surface area contributed by atoms with Crippen molar-refractivity contribution in [1.82, 2.24) is 19.9 Å². The minimum atomic E-state index is -0.366. The SMILES string of the molecule is O=C(CCNc1cc(-c2ccccc2F)nc2c(Br)cnn12)NCCO. The molecule has 0 saturated carbocycles. The quantitative estimate of drug-likeness (QED) is 0.543. The number of rotatable bonds is 7. The van der Waals surface area contributed by atoms with Gasteiger partial charge in [-0.1, -0.05) is 12.1 Å². The van der Waals surface area contributed by atoms with Crippen LogP contribution >= 0.6 is 15.9 Å². The van der Waals surface area contributed by atoms with Gasteiger partial charge < -0.3 is 15.7 Å². The lowest BCUT2D eigenvalue weighted by molar-refractivity contribution is -0.120. The van der Waals surface area contributed by atoms with Crippen LogP contribution in [0.15, 0.2) is 41.0 Å². The standard InChI is InChI=1S/C17H17BrFN5O2/c18-12-10-22-24-15(20-6-5-16(26)21-7-8-25)9-14(23-17(12)24)11-3-1-2-4-13(11)19/h1-4,9-10,20,25H,5-8H2,(H,21,26). The zero-order chi connectivity index (χ0) is 18.5. The summed E-state index contributed by atoms with van der Waals surface area (Å²) in [6.07, 6.45) is 1.83. The molecule has 0 aliphatic carbocycles. The molecule has 3 rings (SSSR count). The van der Waals surface area contributed by atoms with E-state index in [1.807, 2.05) is 0 Å². The number of fused-ring (bicyclic) bond motifs is 1. The van der Waals surface area contributed by atoms with Gasteiger partial charge in [-0.25, -0.2) is 9.37 Å². The second-order valence-electron chi connectivity index (χ2n) is 5.48. The number of benzene rings is 1. The Hall–Kier alpha value is -2.52. The topological polar surface area (TPSA) is 91.6 Å². The average molecular weight is 422 g/mol. The highest BCUT2D eigenvalue weighted by molar-refractivity contribution is 9.10. The lowest BCUT2D eigenvalue weighted by atomic mass is 10.1. The number of aliphatic hydroxyl groups excluding tert-OH is 1. The maximum atomic E-state index is 14.1. The smallest absolute Gasteiger partial charge is 0.221 e. The first-order valence-corrected chi connectivity index (χ1v) is 8.80. The molecule has 26 heavy (non-hydrogen) atoms. The maximum Gasteiger partial charge on any atom is 0.221 e. The summed E-state index contributed by atoms with van der Waals surface area (Å²) in [5.74, 6) is 0.0519. The fourth-order valence-electron chi connectivity index (χ4n) is 2.46. The molecule has 3 N–H and O–H groups in total. The fraction of sp³-hybridized carbons (Fsp3) is 0.235. The van der Waals surface area contributed by atoms with Crippen molar-refractivity contribution in [3.63, 3.8) is 0 Å². The zero-order valence-corrected chi connectivity index (χ0v) is 15.3. The molecule has 136 valence electrons. The van der Waals surface area contributed by atoms with Crippen molar-refractivity contribution < 1.29 is 14.3 Å². The highest BCUT2D eigenvalue weighted by Gasteiger charge is 2.13. The average Bonchev–Trinajstić information content (AvgIpc) is 3.01. The minimum absolute atomic E-state index is 0.0997. The maximum absolute atomic E-state index is 14.1. The van der Waals surface area contributed by atoms with Gasteiger partial charge in [0, 0.05) is 31.1 Å². The van der Waals surface area contributed by atoms with Gasteiger partial charge in [0.25, 0.3) is 0 Å². The first-order chi connectivity index (χ1) is 12.6. The second kappa shape index (κ2) is 8.24. The number of anilines is 1. The molecule has 2 aromatic heterocycles. The van der Waals surface area contributed by atoms with Crippen LogP contribution in [0.3, 0.4) is 0 Å². The van der Waals surface area contributed by atoms with Crippen LogP contribution in [0.2, 0.25) is 0 Å². The van der Waals surface area contributed by atoms with Crippen molar-refractivity contribution in [2.45, 2.75) is 6.42 Å². The fourth-order valence-corrected chi connectivity index (χ4v) is 2.80. The van der Waals surface area contributed by atoms with Crippen LogP contribution in [-0.4, -0.2) is 45.3 Å². The third kappa shape index (κ3) is 4.00. The van der Waals surface area contributed by atoms with Gasteiger partial charge in [-0.05, 0) is 28.1 Å². The lowest BCUT2D eigenvalue weighted by Crippen LogP contribution is -2.28. The van der Waals surface area contributed by atoms with Gasteiger partial charge in [-0.2, -0.15) is 9.61 Å². The number of carbonyl (C=O) groups is 1. The molecular weight excluding hydrogens is 405 g/mol. The molecule has 0 fully saturated rings. The number of hydrogen-bond acceptors (Lipinski definition) is 5. The predicted molar refractivity (Wildman–Crippen MR) is 99.3 cm³/mol. The molecule has 9 heteroatoms. The molecule has 3 aromatic rings. The molecule has 1 aromatic carbocycles. The Bertz CT molecular complexity index is 931. The van der Waals surface area contributed by atoms with Gasteiger partial charge in [0.15, 0.2) is 5.65 Å². The summed E-state index contributed by atoms with van der Waals surface area (Å²) in [6, 6.07) is 8.09. The molecule has 2 heterocycles. The molecule has 0 unspecified atom stereocenters. The van der Waals surface area contributed by atoms with E-state index in [0.717, 1.165) is 0 Å². The Labute approximate surface area is 157 Å². The molecule has 7 nitrogen and oxygen atoms in total. The highest BCUT2D eigenvalue weighted by atomic mass is 79.9.